The van der Waals surface area contributed by atoms with Gasteiger partial charge in [-0.25, -0.2) is 0 Å². The SMILES string of the molecule is CCC(C)c1ccccc1NC(=O)C(=O)Nc1ccc(C)cc1. The van der Waals surface area contributed by atoms with E-state index in [0.29, 0.717) is 17.3 Å². The molecule has 2 N–H and O–H groups in total. The Balaban J connectivity index is 2.07. The van der Waals surface area contributed by atoms with E-state index < -0.39 is 11.8 Å². The second-order valence-electron chi connectivity index (χ2n) is 5.67. The van der Waals surface area contributed by atoms with Crippen molar-refractivity contribution in [2.75, 3.05) is 10.6 Å². The summed E-state index contributed by atoms with van der Waals surface area (Å²) in [6.45, 7) is 6.15. The Morgan fingerprint density at radius 1 is 0.957 bits per heavy atom. The van der Waals surface area contributed by atoms with Gasteiger partial charge in [-0.05, 0) is 43.0 Å². The van der Waals surface area contributed by atoms with Crippen LogP contribution < -0.4 is 10.6 Å². The third-order valence-corrected chi connectivity index (χ3v) is 3.87. The summed E-state index contributed by atoms with van der Waals surface area (Å²) >= 11 is 0. The highest BCUT2D eigenvalue weighted by atomic mass is 16.2. The Kier molecular flexibility index (Phi) is 5.52. The van der Waals surface area contributed by atoms with Gasteiger partial charge in [0.2, 0.25) is 0 Å². The van der Waals surface area contributed by atoms with Gasteiger partial charge >= 0.3 is 11.8 Å². The van der Waals surface area contributed by atoms with Crippen molar-refractivity contribution in [1.29, 1.82) is 0 Å². The number of benzene rings is 2. The van der Waals surface area contributed by atoms with Crippen molar-refractivity contribution >= 4 is 23.2 Å². The first-order valence-corrected chi connectivity index (χ1v) is 7.79. The third-order valence-electron chi connectivity index (χ3n) is 3.87. The summed E-state index contributed by atoms with van der Waals surface area (Å²) in [5, 5.41) is 5.31. The number of anilines is 2. The standard InChI is InChI=1S/C19H22N2O2/c1-4-14(3)16-7-5-6-8-17(16)21-19(23)18(22)20-15-11-9-13(2)10-12-15/h5-12,14H,4H2,1-3H3,(H,20,22)(H,21,23). The highest BCUT2D eigenvalue weighted by molar-refractivity contribution is 6.43. The van der Waals surface area contributed by atoms with Gasteiger partial charge < -0.3 is 10.6 Å². The smallest absolute Gasteiger partial charge is 0.314 e. The third kappa shape index (κ3) is 4.42. The zero-order chi connectivity index (χ0) is 16.8. The predicted molar refractivity (Wildman–Crippen MR) is 93.6 cm³/mol. The maximum Gasteiger partial charge on any atom is 0.314 e. The van der Waals surface area contributed by atoms with Crippen molar-refractivity contribution in [3.05, 3.63) is 59.7 Å². The van der Waals surface area contributed by atoms with Gasteiger partial charge in [0.25, 0.3) is 0 Å². The lowest BCUT2D eigenvalue weighted by atomic mass is 9.97. The fourth-order valence-electron chi connectivity index (χ4n) is 2.26. The van der Waals surface area contributed by atoms with Crippen LogP contribution in [0.15, 0.2) is 48.5 Å². The van der Waals surface area contributed by atoms with E-state index in [4.69, 9.17) is 0 Å². The number of amides is 2. The van der Waals surface area contributed by atoms with E-state index in [1.54, 1.807) is 12.1 Å². The highest BCUT2D eigenvalue weighted by Gasteiger charge is 2.17. The molecule has 2 rings (SSSR count). The van der Waals surface area contributed by atoms with E-state index in [0.717, 1.165) is 17.5 Å². The van der Waals surface area contributed by atoms with Crippen molar-refractivity contribution in [3.8, 4) is 0 Å². The Morgan fingerprint density at radius 3 is 2.22 bits per heavy atom. The Hall–Kier alpha value is -2.62. The van der Waals surface area contributed by atoms with E-state index in [1.165, 1.54) is 0 Å². The van der Waals surface area contributed by atoms with Gasteiger partial charge in [0, 0.05) is 11.4 Å². The monoisotopic (exact) mass is 310 g/mol. The van der Waals surface area contributed by atoms with Crippen LogP contribution in [-0.4, -0.2) is 11.8 Å². The molecule has 0 radical (unpaired) electrons. The minimum Gasteiger partial charge on any atom is -0.318 e. The quantitative estimate of drug-likeness (QED) is 0.836. The molecule has 2 aromatic rings. The van der Waals surface area contributed by atoms with Crippen molar-refractivity contribution in [2.45, 2.75) is 33.1 Å². The minimum absolute atomic E-state index is 0.312. The van der Waals surface area contributed by atoms with Crippen molar-refractivity contribution in [2.24, 2.45) is 0 Å². The van der Waals surface area contributed by atoms with Crippen molar-refractivity contribution in [3.63, 3.8) is 0 Å². The normalized spacial score (nSPS) is 11.6. The zero-order valence-electron chi connectivity index (χ0n) is 13.7. The molecule has 2 aromatic carbocycles. The molecule has 1 atom stereocenters. The first kappa shape index (κ1) is 16.7. The number of hydrogen-bond acceptors (Lipinski definition) is 2. The highest BCUT2D eigenvalue weighted by Crippen LogP contribution is 2.26. The van der Waals surface area contributed by atoms with Crippen LogP contribution in [0.2, 0.25) is 0 Å². The van der Waals surface area contributed by atoms with Crippen LogP contribution in [0.5, 0.6) is 0 Å². The van der Waals surface area contributed by atoms with Gasteiger partial charge in [0.15, 0.2) is 0 Å². The maximum atomic E-state index is 12.1. The average Bonchev–Trinajstić information content (AvgIpc) is 2.56. The Bertz CT molecular complexity index is 693. The van der Waals surface area contributed by atoms with Gasteiger partial charge in [-0.2, -0.15) is 0 Å². The van der Waals surface area contributed by atoms with Crippen LogP contribution in [0.3, 0.4) is 0 Å². The largest absolute Gasteiger partial charge is 0.318 e. The molecule has 2 amide bonds. The lowest BCUT2D eigenvalue weighted by Crippen LogP contribution is -2.29. The van der Waals surface area contributed by atoms with Crippen molar-refractivity contribution in [1.82, 2.24) is 0 Å². The van der Waals surface area contributed by atoms with Crippen LogP contribution in [-0.2, 0) is 9.59 Å². The predicted octanol–water partition coefficient (Wildman–Crippen LogP) is 4.09. The van der Waals surface area contributed by atoms with E-state index in [2.05, 4.69) is 24.5 Å². The maximum absolute atomic E-state index is 12.1. The van der Waals surface area contributed by atoms with Crippen LogP contribution in [0.1, 0.15) is 37.3 Å². The summed E-state index contributed by atoms with van der Waals surface area (Å²) in [5.74, 6) is -1.03. The number of para-hydroxylation sites is 1. The van der Waals surface area contributed by atoms with Gasteiger partial charge in [0.05, 0.1) is 0 Å². The minimum atomic E-state index is -0.673. The Labute approximate surface area is 136 Å². The number of rotatable bonds is 4. The van der Waals surface area contributed by atoms with Crippen molar-refractivity contribution < 1.29 is 9.59 Å². The lowest BCUT2D eigenvalue weighted by Gasteiger charge is -2.15. The van der Waals surface area contributed by atoms with Gasteiger partial charge in [-0.15, -0.1) is 0 Å². The molecule has 120 valence electrons. The fraction of sp³-hybridized carbons (Fsp3) is 0.263. The molecule has 0 aliphatic rings. The molecular formula is C19H22N2O2. The first-order chi connectivity index (χ1) is 11.0. The van der Waals surface area contributed by atoms with Crippen LogP contribution >= 0.6 is 0 Å². The molecular weight excluding hydrogens is 288 g/mol. The summed E-state index contributed by atoms with van der Waals surface area (Å²) in [7, 11) is 0. The molecule has 0 bridgehead atoms. The number of carbonyl (C=O) groups is 2. The average molecular weight is 310 g/mol. The molecule has 1 unspecified atom stereocenters. The van der Waals surface area contributed by atoms with Crippen LogP contribution in [0.25, 0.3) is 0 Å². The number of hydrogen-bond donors (Lipinski definition) is 2. The van der Waals surface area contributed by atoms with E-state index in [-0.39, 0.29) is 0 Å². The molecule has 4 nitrogen and oxygen atoms in total. The Morgan fingerprint density at radius 2 is 1.57 bits per heavy atom. The molecule has 23 heavy (non-hydrogen) atoms. The second kappa shape index (κ2) is 7.58. The van der Waals surface area contributed by atoms with E-state index in [1.807, 2.05) is 43.3 Å². The fourth-order valence-corrected chi connectivity index (χ4v) is 2.26. The molecule has 0 aromatic heterocycles. The zero-order valence-corrected chi connectivity index (χ0v) is 13.7. The first-order valence-electron chi connectivity index (χ1n) is 7.79. The number of nitrogens with one attached hydrogen (secondary N) is 2. The molecule has 0 aliphatic carbocycles. The summed E-state index contributed by atoms with van der Waals surface area (Å²) in [5.41, 5.74) is 3.42. The number of aryl methyl sites for hydroxylation is 1. The molecule has 0 saturated carbocycles. The molecule has 4 heteroatoms. The molecule has 0 spiro atoms. The molecule has 0 saturated heterocycles. The molecule has 0 aliphatic heterocycles. The van der Waals surface area contributed by atoms with Gasteiger partial charge in [-0.1, -0.05) is 49.7 Å². The molecule has 0 fully saturated rings. The second-order valence-corrected chi connectivity index (χ2v) is 5.67. The van der Waals surface area contributed by atoms with Gasteiger partial charge in [-0.3, -0.25) is 9.59 Å². The summed E-state index contributed by atoms with van der Waals surface area (Å²) < 4.78 is 0. The summed E-state index contributed by atoms with van der Waals surface area (Å²) in [6, 6.07) is 14.9. The van der Waals surface area contributed by atoms with E-state index >= 15 is 0 Å². The van der Waals surface area contributed by atoms with Gasteiger partial charge in [0.1, 0.15) is 0 Å². The topological polar surface area (TPSA) is 58.2 Å². The molecule has 0 heterocycles. The van der Waals surface area contributed by atoms with Crippen LogP contribution in [0.4, 0.5) is 11.4 Å². The summed E-state index contributed by atoms with van der Waals surface area (Å²) in [6.07, 6.45) is 0.961. The van der Waals surface area contributed by atoms with Crippen LogP contribution in [0, 0.1) is 6.92 Å². The number of carbonyl (C=O) groups excluding carboxylic acids is 2. The summed E-state index contributed by atoms with van der Waals surface area (Å²) in [4.78, 5) is 24.2. The lowest BCUT2D eigenvalue weighted by molar-refractivity contribution is -0.133. The van der Waals surface area contributed by atoms with E-state index in [9.17, 15) is 9.59 Å².